The highest BCUT2D eigenvalue weighted by atomic mass is 19.4. The second-order valence-corrected chi connectivity index (χ2v) is 3.74. The predicted octanol–water partition coefficient (Wildman–Crippen LogP) is 2.38. The lowest BCUT2D eigenvalue weighted by Crippen LogP contribution is -2.04. The van der Waals surface area contributed by atoms with Crippen LogP contribution in [-0.4, -0.2) is 21.3 Å². The van der Waals surface area contributed by atoms with Crippen LogP contribution < -0.4 is 5.73 Å². The molecular formula is C11H8F3N3O2. The number of nitrogens with one attached hydrogen (secondary N) is 1. The maximum atomic E-state index is 12.4. The molecule has 100 valence electrons. The second kappa shape index (κ2) is 4.30. The number of hydrogen-bond donors (Lipinski definition) is 3. The molecule has 0 aliphatic heterocycles. The molecule has 4 N–H and O–H groups in total. The van der Waals surface area contributed by atoms with Crippen LogP contribution in [0.2, 0.25) is 0 Å². The Bertz CT molecular complexity index is 617. The van der Waals surface area contributed by atoms with E-state index in [0.29, 0.717) is 0 Å². The summed E-state index contributed by atoms with van der Waals surface area (Å²) in [7, 11) is 0. The average molecular weight is 271 g/mol. The van der Waals surface area contributed by atoms with Gasteiger partial charge >= 0.3 is 12.1 Å². The van der Waals surface area contributed by atoms with E-state index in [-0.39, 0.29) is 22.6 Å². The van der Waals surface area contributed by atoms with Crippen LogP contribution in [0.4, 0.5) is 19.0 Å². The number of aromatic nitrogens is 2. The number of aromatic carboxylic acids is 1. The van der Waals surface area contributed by atoms with Gasteiger partial charge in [0.2, 0.25) is 0 Å². The van der Waals surface area contributed by atoms with E-state index in [1.54, 1.807) is 0 Å². The maximum Gasteiger partial charge on any atom is 0.416 e. The third kappa shape index (κ3) is 2.37. The van der Waals surface area contributed by atoms with Gasteiger partial charge in [0.15, 0.2) is 11.5 Å². The first-order chi connectivity index (χ1) is 8.80. The van der Waals surface area contributed by atoms with E-state index < -0.39 is 17.7 Å². The molecule has 0 spiro atoms. The molecule has 0 amide bonds. The van der Waals surface area contributed by atoms with E-state index in [1.807, 2.05) is 0 Å². The van der Waals surface area contributed by atoms with E-state index in [4.69, 9.17) is 10.8 Å². The molecule has 0 unspecified atom stereocenters. The van der Waals surface area contributed by atoms with Crippen molar-refractivity contribution in [3.8, 4) is 11.1 Å². The SMILES string of the molecule is Nc1n[nH]c(C(=O)O)c1-c1ccc(C(F)(F)F)cc1. The smallest absolute Gasteiger partial charge is 0.416 e. The van der Waals surface area contributed by atoms with Gasteiger partial charge in [0.25, 0.3) is 0 Å². The van der Waals surface area contributed by atoms with E-state index in [1.165, 1.54) is 0 Å². The number of aromatic amines is 1. The Balaban J connectivity index is 2.49. The van der Waals surface area contributed by atoms with Gasteiger partial charge in [-0.15, -0.1) is 0 Å². The molecule has 0 aliphatic rings. The summed E-state index contributed by atoms with van der Waals surface area (Å²) >= 11 is 0. The predicted molar refractivity (Wildman–Crippen MR) is 60.4 cm³/mol. The number of nitrogens with zero attached hydrogens (tertiary/aromatic N) is 1. The number of rotatable bonds is 2. The summed E-state index contributed by atoms with van der Waals surface area (Å²) in [6.45, 7) is 0. The zero-order valence-corrected chi connectivity index (χ0v) is 9.32. The quantitative estimate of drug-likeness (QED) is 0.781. The van der Waals surface area contributed by atoms with Crippen molar-refractivity contribution in [2.24, 2.45) is 0 Å². The Hall–Kier alpha value is -2.51. The first-order valence-electron chi connectivity index (χ1n) is 5.05. The van der Waals surface area contributed by atoms with Gasteiger partial charge in [-0.25, -0.2) is 4.79 Å². The molecule has 0 atom stereocenters. The number of alkyl halides is 3. The third-order valence-corrected chi connectivity index (χ3v) is 2.51. The molecule has 0 fully saturated rings. The van der Waals surface area contributed by atoms with Crippen LogP contribution in [0.25, 0.3) is 11.1 Å². The summed E-state index contributed by atoms with van der Waals surface area (Å²) in [5.41, 5.74) is 4.73. The molecule has 0 saturated heterocycles. The van der Waals surface area contributed by atoms with Crippen LogP contribution >= 0.6 is 0 Å². The number of carboxylic acids is 1. The topological polar surface area (TPSA) is 92.0 Å². The highest BCUT2D eigenvalue weighted by molar-refractivity contribution is 5.97. The van der Waals surface area contributed by atoms with Gasteiger partial charge in [-0.05, 0) is 17.7 Å². The average Bonchev–Trinajstić information content (AvgIpc) is 2.70. The minimum atomic E-state index is -4.45. The van der Waals surface area contributed by atoms with Crippen LogP contribution in [0, 0.1) is 0 Å². The molecule has 0 bridgehead atoms. The van der Waals surface area contributed by atoms with Gasteiger partial charge in [-0.3, -0.25) is 5.10 Å². The van der Waals surface area contributed by atoms with Gasteiger partial charge < -0.3 is 10.8 Å². The molecule has 1 heterocycles. The normalized spacial score (nSPS) is 11.5. The standard InChI is InChI=1S/C11H8F3N3O2/c12-11(13,14)6-3-1-5(2-4-6)7-8(10(18)19)16-17-9(7)15/h1-4H,(H,18,19)(H3,15,16,17). The maximum absolute atomic E-state index is 12.4. The molecule has 2 aromatic rings. The fraction of sp³-hybridized carbons (Fsp3) is 0.0909. The molecule has 2 rings (SSSR count). The van der Waals surface area contributed by atoms with Gasteiger partial charge in [0.1, 0.15) is 0 Å². The Kier molecular flexibility index (Phi) is 2.93. The fourth-order valence-corrected chi connectivity index (χ4v) is 1.63. The van der Waals surface area contributed by atoms with Gasteiger partial charge in [-0.2, -0.15) is 18.3 Å². The summed E-state index contributed by atoms with van der Waals surface area (Å²) in [4.78, 5) is 10.9. The summed E-state index contributed by atoms with van der Waals surface area (Å²) in [6.07, 6.45) is -4.45. The highest BCUT2D eigenvalue weighted by Crippen LogP contribution is 2.33. The van der Waals surface area contributed by atoms with Crippen LogP contribution in [0.5, 0.6) is 0 Å². The molecule has 0 aliphatic carbocycles. The van der Waals surface area contributed by atoms with Crippen LogP contribution in [0.15, 0.2) is 24.3 Å². The number of hydrogen-bond acceptors (Lipinski definition) is 3. The zero-order chi connectivity index (χ0) is 14.2. The molecular weight excluding hydrogens is 263 g/mol. The van der Waals surface area contributed by atoms with Gasteiger partial charge in [-0.1, -0.05) is 12.1 Å². The van der Waals surface area contributed by atoms with E-state index in [9.17, 15) is 18.0 Å². The van der Waals surface area contributed by atoms with Crippen molar-refractivity contribution in [2.75, 3.05) is 5.73 Å². The first-order valence-corrected chi connectivity index (χ1v) is 5.05. The Morgan fingerprint density at radius 1 is 1.26 bits per heavy atom. The van der Waals surface area contributed by atoms with Crippen LogP contribution in [0.3, 0.4) is 0 Å². The molecule has 1 aromatic heterocycles. The molecule has 0 saturated carbocycles. The van der Waals surface area contributed by atoms with E-state index in [2.05, 4.69) is 10.2 Å². The van der Waals surface area contributed by atoms with Crippen molar-refractivity contribution in [3.05, 3.63) is 35.5 Å². The number of carbonyl (C=O) groups is 1. The number of nitrogen functional groups attached to an aromatic ring is 1. The number of anilines is 1. The lowest BCUT2D eigenvalue weighted by Gasteiger charge is -2.07. The van der Waals surface area contributed by atoms with Crippen molar-refractivity contribution in [2.45, 2.75) is 6.18 Å². The number of nitrogens with two attached hydrogens (primary N) is 1. The molecule has 0 radical (unpaired) electrons. The number of benzene rings is 1. The van der Waals surface area contributed by atoms with Gasteiger partial charge in [0, 0.05) is 0 Å². The largest absolute Gasteiger partial charge is 0.477 e. The van der Waals surface area contributed by atoms with Crippen LogP contribution in [0.1, 0.15) is 16.1 Å². The lowest BCUT2D eigenvalue weighted by atomic mass is 10.0. The van der Waals surface area contributed by atoms with Gasteiger partial charge in [0.05, 0.1) is 11.1 Å². The Labute approximate surface area is 104 Å². The minimum absolute atomic E-state index is 0.0706. The summed E-state index contributed by atoms with van der Waals surface area (Å²) in [5, 5.41) is 14.7. The number of halogens is 3. The van der Waals surface area contributed by atoms with Crippen molar-refractivity contribution in [1.82, 2.24) is 10.2 Å². The lowest BCUT2D eigenvalue weighted by molar-refractivity contribution is -0.137. The molecule has 19 heavy (non-hydrogen) atoms. The van der Waals surface area contributed by atoms with Crippen molar-refractivity contribution < 1.29 is 23.1 Å². The van der Waals surface area contributed by atoms with E-state index in [0.717, 1.165) is 24.3 Å². The van der Waals surface area contributed by atoms with Crippen LogP contribution in [-0.2, 0) is 6.18 Å². The zero-order valence-electron chi connectivity index (χ0n) is 9.32. The summed E-state index contributed by atoms with van der Waals surface area (Å²) in [6, 6.07) is 4.01. The minimum Gasteiger partial charge on any atom is -0.477 e. The molecule has 5 nitrogen and oxygen atoms in total. The molecule has 1 aromatic carbocycles. The van der Waals surface area contributed by atoms with Crippen molar-refractivity contribution in [1.29, 1.82) is 0 Å². The van der Waals surface area contributed by atoms with E-state index >= 15 is 0 Å². The highest BCUT2D eigenvalue weighted by Gasteiger charge is 2.30. The van der Waals surface area contributed by atoms with Crippen molar-refractivity contribution >= 4 is 11.8 Å². The Morgan fingerprint density at radius 2 is 1.84 bits per heavy atom. The monoisotopic (exact) mass is 271 g/mol. The Morgan fingerprint density at radius 3 is 2.32 bits per heavy atom. The van der Waals surface area contributed by atoms with Crippen molar-refractivity contribution in [3.63, 3.8) is 0 Å². The molecule has 8 heteroatoms. The second-order valence-electron chi connectivity index (χ2n) is 3.74. The summed E-state index contributed by atoms with van der Waals surface area (Å²) < 4.78 is 37.2. The number of H-pyrrole nitrogens is 1. The third-order valence-electron chi connectivity index (χ3n) is 2.51. The summed E-state index contributed by atoms with van der Waals surface area (Å²) in [5.74, 6) is -1.38. The fourth-order valence-electron chi connectivity index (χ4n) is 1.63. The first kappa shape index (κ1) is 12.9. The number of carboxylic acid groups (broad SMARTS) is 1.